The maximum absolute atomic E-state index is 14.5. The lowest BCUT2D eigenvalue weighted by molar-refractivity contribution is -0.136. The molecule has 4 rings (SSSR count). The van der Waals surface area contributed by atoms with Gasteiger partial charge in [-0.2, -0.15) is 0 Å². The number of halogens is 2. The summed E-state index contributed by atoms with van der Waals surface area (Å²) in [6.07, 6.45) is 4.96. The van der Waals surface area contributed by atoms with Gasteiger partial charge in [0.2, 0.25) is 5.88 Å². The molecule has 1 aromatic carbocycles. The summed E-state index contributed by atoms with van der Waals surface area (Å²) in [7, 11) is 0. The number of H-pyrrole nitrogens is 1. The zero-order valence-electron chi connectivity index (χ0n) is 16.8. The lowest BCUT2D eigenvalue weighted by Crippen LogP contribution is -2.27. The van der Waals surface area contributed by atoms with Crippen molar-refractivity contribution in [3.8, 4) is 5.88 Å². The fourth-order valence-corrected chi connectivity index (χ4v) is 3.50. The van der Waals surface area contributed by atoms with Gasteiger partial charge in [-0.3, -0.25) is 4.79 Å². The number of benzene rings is 1. The first-order valence-electron chi connectivity index (χ1n) is 9.60. The van der Waals surface area contributed by atoms with Crippen LogP contribution in [0, 0.1) is 5.82 Å². The molecule has 1 aliphatic heterocycles. The van der Waals surface area contributed by atoms with Crippen LogP contribution in [0.15, 0.2) is 36.8 Å². The monoisotopic (exact) mass is 446 g/mol. The van der Waals surface area contributed by atoms with Crippen LogP contribution in [0.25, 0.3) is 16.7 Å². The number of anilines is 1. The SMILES string of the molecule is CC(C)Oc1ncc(C2=CN(c3ccc(F)c4c(CCC(=O)O)c[nH]c34)NO2)cc1Cl. The summed E-state index contributed by atoms with van der Waals surface area (Å²) >= 11 is 6.26. The van der Waals surface area contributed by atoms with E-state index in [-0.39, 0.29) is 18.9 Å². The molecule has 0 amide bonds. The van der Waals surface area contributed by atoms with Crippen LogP contribution in [0.2, 0.25) is 5.02 Å². The standard InChI is InChI=1S/C21H20ClFN4O4/c1-11(2)30-21-14(22)7-13(9-25-21)17-10-27(26-31-17)16-5-4-15(23)19-12(3-6-18(28)29)8-24-20(16)19/h4-5,7-11,24,26H,3,6H2,1-2H3,(H,28,29). The highest BCUT2D eigenvalue weighted by molar-refractivity contribution is 6.32. The first-order valence-corrected chi connectivity index (χ1v) is 9.97. The van der Waals surface area contributed by atoms with Gasteiger partial charge in [-0.15, -0.1) is 0 Å². The summed E-state index contributed by atoms with van der Waals surface area (Å²) in [6, 6.07) is 4.61. The number of hydrogen-bond acceptors (Lipinski definition) is 6. The van der Waals surface area contributed by atoms with Crippen molar-refractivity contribution in [2.75, 3.05) is 5.01 Å². The highest BCUT2D eigenvalue weighted by Crippen LogP contribution is 2.34. The first kappa shape index (κ1) is 21.0. The van der Waals surface area contributed by atoms with E-state index in [1.54, 1.807) is 35.7 Å². The molecule has 0 aliphatic carbocycles. The molecule has 0 saturated carbocycles. The molecule has 0 atom stereocenters. The molecular weight excluding hydrogens is 427 g/mol. The molecule has 0 saturated heterocycles. The normalized spacial score (nSPS) is 13.6. The number of nitrogens with one attached hydrogen (secondary N) is 2. The minimum absolute atomic E-state index is 0.0583. The number of carboxylic acid groups (broad SMARTS) is 1. The number of carbonyl (C=O) groups is 1. The van der Waals surface area contributed by atoms with Crippen molar-refractivity contribution in [3.05, 3.63) is 58.8 Å². The zero-order chi connectivity index (χ0) is 22.1. The smallest absolute Gasteiger partial charge is 0.303 e. The Morgan fingerprint density at radius 3 is 2.94 bits per heavy atom. The predicted octanol–water partition coefficient (Wildman–Crippen LogP) is 4.41. The number of aromatic amines is 1. The Morgan fingerprint density at radius 2 is 2.23 bits per heavy atom. The topological polar surface area (TPSA) is 99.7 Å². The highest BCUT2D eigenvalue weighted by atomic mass is 35.5. The molecule has 0 bridgehead atoms. The average Bonchev–Trinajstić information content (AvgIpc) is 3.36. The maximum atomic E-state index is 14.5. The van der Waals surface area contributed by atoms with Crippen molar-refractivity contribution in [2.24, 2.45) is 0 Å². The van der Waals surface area contributed by atoms with E-state index in [1.807, 2.05) is 13.8 Å². The molecule has 8 nitrogen and oxygen atoms in total. The maximum Gasteiger partial charge on any atom is 0.303 e. The molecule has 0 fully saturated rings. The Kier molecular flexibility index (Phi) is 5.71. The largest absolute Gasteiger partial charge is 0.481 e. The summed E-state index contributed by atoms with van der Waals surface area (Å²) in [5.41, 5.74) is 5.11. The third-order valence-corrected chi connectivity index (χ3v) is 4.92. The predicted molar refractivity (Wildman–Crippen MR) is 114 cm³/mol. The van der Waals surface area contributed by atoms with Crippen LogP contribution in [-0.2, 0) is 16.1 Å². The second kappa shape index (κ2) is 8.44. The third kappa shape index (κ3) is 4.28. The summed E-state index contributed by atoms with van der Waals surface area (Å²) in [4.78, 5) is 23.7. The molecule has 1 aliphatic rings. The van der Waals surface area contributed by atoms with E-state index < -0.39 is 11.8 Å². The van der Waals surface area contributed by atoms with E-state index >= 15 is 0 Å². The number of aryl methyl sites for hydroxylation is 1. The number of pyridine rings is 1. The van der Waals surface area contributed by atoms with Crippen LogP contribution in [0.3, 0.4) is 0 Å². The molecular formula is C21H20ClFN4O4. The number of fused-ring (bicyclic) bond motifs is 1. The molecule has 31 heavy (non-hydrogen) atoms. The molecule has 0 radical (unpaired) electrons. The Morgan fingerprint density at radius 1 is 1.42 bits per heavy atom. The summed E-state index contributed by atoms with van der Waals surface area (Å²) in [6.45, 7) is 3.76. The van der Waals surface area contributed by atoms with E-state index in [9.17, 15) is 9.18 Å². The van der Waals surface area contributed by atoms with Gasteiger partial charge < -0.3 is 19.7 Å². The van der Waals surface area contributed by atoms with Crippen molar-refractivity contribution >= 4 is 39.9 Å². The molecule has 0 spiro atoms. The molecule has 3 aromatic rings. The van der Waals surface area contributed by atoms with Crippen molar-refractivity contribution in [1.29, 1.82) is 0 Å². The molecule has 3 heterocycles. The van der Waals surface area contributed by atoms with Crippen molar-refractivity contribution in [3.63, 3.8) is 0 Å². The van der Waals surface area contributed by atoms with E-state index in [1.165, 1.54) is 6.07 Å². The van der Waals surface area contributed by atoms with Gasteiger partial charge in [0.25, 0.3) is 0 Å². The third-order valence-electron chi connectivity index (χ3n) is 4.65. The first-order chi connectivity index (χ1) is 14.8. The molecule has 10 heteroatoms. The van der Waals surface area contributed by atoms with Crippen molar-refractivity contribution in [1.82, 2.24) is 15.6 Å². The van der Waals surface area contributed by atoms with Gasteiger partial charge in [-0.25, -0.2) is 14.4 Å². The number of hydrazine groups is 1. The summed E-state index contributed by atoms with van der Waals surface area (Å²) in [5, 5.41) is 11.2. The summed E-state index contributed by atoms with van der Waals surface area (Å²) < 4.78 is 20.0. The fourth-order valence-electron chi connectivity index (χ4n) is 3.29. The molecule has 2 aromatic heterocycles. The van der Waals surface area contributed by atoms with E-state index in [0.29, 0.717) is 44.4 Å². The second-order valence-electron chi connectivity index (χ2n) is 7.26. The van der Waals surface area contributed by atoms with E-state index in [0.717, 1.165) is 0 Å². The van der Waals surface area contributed by atoms with Crippen molar-refractivity contribution < 1.29 is 23.9 Å². The van der Waals surface area contributed by atoms with Crippen LogP contribution in [0.1, 0.15) is 31.4 Å². The average molecular weight is 447 g/mol. The number of carboxylic acids is 1. The van der Waals surface area contributed by atoms with Crippen LogP contribution in [0.4, 0.5) is 10.1 Å². The van der Waals surface area contributed by atoms with Crippen molar-refractivity contribution in [2.45, 2.75) is 32.8 Å². The Hall–Kier alpha value is -3.30. The lowest BCUT2D eigenvalue weighted by atomic mass is 10.1. The van der Waals surface area contributed by atoms with Crippen LogP contribution >= 0.6 is 11.6 Å². The van der Waals surface area contributed by atoms with Gasteiger partial charge in [0.1, 0.15) is 10.8 Å². The number of nitrogens with zero attached hydrogens (tertiary/aromatic N) is 2. The second-order valence-corrected chi connectivity index (χ2v) is 7.67. The van der Waals surface area contributed by atoms with Gasteiger partial charge >= 0.3 is 5.97 Å². The van der Waals surface area contributed by atoms with Gasteiger partial charge in [-0.05, 0) is 44.0 Å². The highest BCUT2D eigenvalue weighted by Gasteiger charge is 2.22. The molecule has 162 valence electrons. The van der Waals surface area contributed by atoms with Gasteiger partial charge in [0.15, 0.2) is 5.76 Å². The van der Waals surface area contributed by atoms with E-state index in [2.05, 4.69) is 15.6 Å². The Balaban J connectivity index is 1.63. The Labute approximate surface area is 182 Å². The number of hydrogen-bond donors (Lipinski definition) is 3. The minimum atomic E-state index is -0.940. The van der Waals surface area contributed by atoms with Crippen LogP contribution < -0.4 is 15.3 Å². The molecule has 0 unspecified atom stereocenters. The minimum Gasteiger partial charge on any atom is -0.481 e. The lowest BCUT2D eigenvalue weighted by Gasteiger charge is -2.15. The summed E-state index contributed by atoms with van der Waals surface area (Å²) in [5.74, 6) is -0.573. The van der Waals surface area contributed by atoms with Gasteiger partial charge in [-0.1, -0.05) is 17.2 Å². The fraction of sp³-hybridized carbons (Fsp3) is 0.238. The zero-order valence-corrected chi connectivity index (χ0v) is 17.5. The molecule has 3 N–H and O–H groups in total. The number of rotatable bonds is 7. The number of aliphatic carboxylic acids is 1. The van der Waals surface area contributed by atoms with Gasteiger partial charge in [0.05, 0.1) is 23.5 Å². The number of aromatic nitrogens is 2. The number of ether oxygens (including phenoxy) is 1. The Bertz CT molecular complexity index is 1180. The van der Waals surface area contributed by atoms with Crippen LogP contribution in [0.5, 0.6) is 5.88 Å². The van der Waals surface area contributed by atoms with Gasteiger partial charge in [0, 0.05) is 29.8 Å². The van der Waals surface area contributed by atoms with Crippen LogP contribution in [-0.4, -0.2) is 27.1 Å². The van der Waals surface area contributed by atoms with E-state index in [4.69, 9.17) is 26.3 Å². The quantitative estimate of drug-likeness (QED) is 0.494.